The molecule has 1 aromatic carbocycles. The second-order valence-corrected chi connectivity index (χ2v) is 4.15. The van der Waals surface area contributed by atoms with Crippen LogP contribution in [0.15, 0.2) is 42.6 Å². The van der Waals surface area contributed by atoms with E-state index >= 15 is 0 Å². The third-order valence-corrected chi connectivity index (χ3v) is 2.92. The van der Waals surface area contributed by atoms with Gasteiger partial charge in [-0.05, 0) is 24.3 Å². The Morgan fingerprint density at radius 1 is 1.20 bits per heavy atom. The molecule has 2 heterocycles. The van der Waals surface area contributed by atoms with Crippen molar-refractivity contribution in [1.29, 1.82) is 5.26 Å². The van der Waals surface area contributed by atoms with Gasteiger partial charge in [0.2, 0.25) is 5.95 Å². The van der Waals surface area contributed by atoms with Gasteiger partial charge in [0.05, 0.1) is 17.2 Å². The number of aromatic nitrogens is 3. The van der Waals surface area contributed by atoms with Crippen LogP contribution in [0, 0.1) is 11.3 Å². The van der Waals surface area contributed by atoms with E-state index in [0.717, 1.165) is 0 Å². The maximum absolute atomic E-state index is 12.6. The molecule has 3 rings (SSSR count). The number of anilines is 1. The zero-order chi connectivity index (χ0) is 14.1. The molecule has 2 aromatic heterocycles. The number of nitrogen functional groups attached to an aromatic ring is 1. The molecule has 0 bridgehead atoms. The molecule has 0 atom stereocenters. The molecular weight excluding hydrogens is 254 g/mol. The van der Waals surface area contributed by atoms with Gasteiger partial charge in [-0.3, -0.25) is 4.79 Å². The fourth-order valence-electron chi connectivity index (χ4n) is 2.02. The zero-order valence-electron chi connectivity index (χ0n) is 10.3. The van der Waals surface area contributed by atoms with Crippen LogP contribution < -0.4 is 5.73 Å². The first-order chi connectivity index (χ1) is 9.70. The van der Waals surface area contributed by atoms with Crippen molar-refractivity contribution in [3.8, 4) is 6.07 Å². The Kier molecular flexibility index (Phi) is 2.66. The summed E-state index contributed by atoms with van der Waals surface area (Å²) >= 11 is 0. The van der Waals surface area contributed by atoms with Crippen molar-refractivity contribution in [3.05, 3.63) is 59.3 Å². The summed E-state index contributed by atoms with van der Waals surface area (Å²) in [6, 6.07) is 12.0. The number of nitrogens with two attached hydrogens (primary N) is 1. The minimum atomic E-state index is -0.278. The average Bonchev–Trinajstić information content (AvgIpc) is 2.86. The number of benzene rings is 1. The first-order valence-corrected chi connectivity index (χ1v) is 5.85. The Bertz CT molecular complexity index is 859. The Morgan fingerprint density at radius 2 is 1.95 bits per heavy atom. The molecule has 3 aromatic rings. The molecule has 20 heavy (non-hydrogen) atoms. The Morgan fingerprint density at radius 3 is 2.75 bits per heavy atom. The predicted octanol–water partition coefficient (Wildman–Crippen LogP) is 1.41. The van der Waals surface area contributed by atoms with E-state index in [9.17, 15) is 4.79 Å². The van der Waals surface area contributed by atoms with Crippen molar-refractivity contribution in [1.82, 2.24) is 14.6 Å². The molecule has 0 spiro atoms. The van der Waals surface area contributed by atoms with E-state index in [-0.39, 0.29) is 11.7 Å². The lowest BCUT2D eigenvalue weighted by molar-refractivity contribution is 0.103. The van der Waals surface area contributed by atoms with Crippen molar-refractivity contribution in [2.75, 3.05) is 5.73 Å². The smallest absolute Gasteiger partial charge is 0.240 e. The average molecular weight is 263 g/mol. The third-order valence-electron chi connectivity index (χ3n) is 2.92. The molecule has 96 valence electrons. The fourth-order valence-corrected chi connectivity index (χ4v) is 2.02. The summed E-state index contributed by atoms with van der Waals surface area (Å²) in [6.45, 7) is 0. The fraction of sp³-hybridized carbons (Fsp3) is 0. The third kappa shape index (κ3) is 1.78. The topological polar surface area (TPSA) is 97.1 Å². The number of hydrogen-bond donors (Lipinski definition) is 1. The van der Waals surface area contributed by atoms with Crippen LogP contribution >= 0.6 is 0 Å². The van der Waals surface area contributed by atoms with Gasteiger partial charge in [-0.1, -0.05) is 12.1 Å². The Labute approximate surface area is 114 Å². The summed E-state index contributed by atoms with van der Waals surface area (Å²) in [5, 5.41) is 13.0. The van der Waals surface area contributed by atoms with Crippen LogP contribution in [0.3, 0.4) is 0 Å². The minimum absolute atomic E-state index is 0.0961. The van der Waals surface area contributed by atoms with Gasteiger partial charge in [0.15, 0.2) is 11.4 Å². The van der Waals surface area contributed by atoms with Crippen molar-refractivity contribution in [3.63, 3.8) is 0 Å². The van der Waals surface area contributed by atoms with Gasteiger partial charge < -0.3 is 5.73 Å². The minimum Gasteiger partial charge on any atom is -0.366 e. The molecule has 6 nitrogen and oxygen atoms in total. The molecule has 6 heteroatoms. The zero-order valence-corrected chi connectivity index (χ0v) is 10.3. The molecule has 0 aliphatic heterocycles. The van der Waals surface area contributed by atoms with Crippen LogP contribution in [-0.4, -0.2) is 20.4 Å². The normalized spacial score (nSPS) is 10.3. The molecule has 0 unspecified atom stereocenters. The number of nitrogens with zero attached hydrogens (tertiary/aromatic N) is 4. The number of hydrogen-bond acceptors (Lipinski definition) is 5. The summed E-state index contributed by atoms with van der Waals surface area (Å²) in [4.78, 5) is 16.6. The Hall–Kier alpha value is -3.20. The standard InChI is InChI=1S/C14H9N5O/c15-8-9-4-1-2-5-10(9)12(20)11-6-3-7-19-13(11)17-14(16)18-19/h1-7H,(H2,16,18). The predicted molar refractivity (Wildman–Crippen MR) is 72.0 cm³/mol. The first kappa shape index (κ1) is 11.9. The number of ketones is 1. The molecule has 0 saturated carbocycles. The SMILES string of the molecule is N#Cc1ccccc1C(=O)c1cccn2nc(N)nc12. The quantitative estimate of drug-likeness (QED) is 0.705. The van der Waals surface area contributed by atoms with Gasteiger partial charge in [0, 0.05) is 11.8 Å². The molecule has 0 fully saturated rings. The molecule has 2 N–H and O–H groups in total. The Balaban J connectivity index is 2.21. The summed E-state index contributed by atoms with van der Waals surface area (Å²) in [5.74, 6) is -0.182. The van der Waals surface area contributed by atoms with E-state index < -0.39 is 0 Å². The lowest BCUT2D eigenvalue weighted by Gasteiger charge is -2.03. The largest absolute Gasteiger partial charge is 0.366 e. The van der Waals surface area contributed by atoms with Gasteiger partial charge in [0.1, 0.15) is 0 Å². The van der Waals surface area contributed by atoms with E-state index in [1.54, 1.807) is 42.6 Å². The number of carbonyl (C=O) groups is 1. The number of fused-ring (bicyclic) bond motifs is 1. The highest BCUT2D eigenvalue weighted by Crippen LogP contribution is 2.17. The van der Waals surface area contributed by atoms with Crippen molar-refractivity contribution in [2.24, 2.45) is 0 Å². The van der Waals surface area contributed by atoms with Crippen molar-refractivity contribution in [2.45, 2.75) is 0 Å². The van der Waals surface area contributed by atoms with Gasteiger partial charge >= 0.3 is 0 Å². The second-order valence-electron chi connectivity index (χ2n) is 4.15. The van der Waals surface area contributed by atoms with E-state index in [1.165, 1.54) is 4.52 Å². The van der Waals surface area contributed by atoms with E-state index in [2.05, 4.69) is 10.1 Å². The summed E-state index contributed by atoms with van der Waals surface area (Å²) in [5.41, 5.74) is 6.95. The molecular formula is C14H9N5O. The highest BCUT2D eigenvalue weighted by atomic mass is 16.1. The number of carbonyl (C=O) groups excluding carboxylic acids is 1. The number of nitriles is 1. The van der Waals surface area contributed by atoms with Gasteiger partial charge in [-0.15, -0.1) is 5.10 Å². The van der Waals surface area contributed by atoms with Crippen LogP contribution in [0.25, 0.3) is 5.65 Å². The van der Waals surface area contributed by atoms with Crippen molar-refractivity contribution >= 4 is 17.4 Å². The second kappa shape index (κ2) is 4.48. The maximum atomic E-state index is 12.6. The lowest BCUT2D eigenvalue weighted by Crippen LogP contribution is -2.06. The number of rotatable bonds is 2. The molecule has 0 aliphatic rings. The van der Waals surface area contributed by atoms with E-state index in [0.29, 0.717) is 22.3 Å². The van der Waals surface area contributed by atoms with Gasteiger partial charge in [0.25, 0.3) is 0 Å². The maximum Gasteiger partial charge on any atom is 0.240 e. The van der Waals surface area contributed by atoms with E-state index in [4.69, 9.17) is 11.0 Å². The molecule has 0 saturated heterocycles. The first-order valence-electron chi connectivity index (χ1n) is 5.85. The van der Waals surface area contributed by atoms with Crippen molar-refractivity contribution < 1.29 is 4.79 Å². The van der Waals surface area contributed by atoms with Crippen LogP contribution in [0.1, 0.15) is 21.5 Å². The van der Waals surface area contributed by atoms with Crippen LogP contribution in [0.4, 0.5) is 5.95 Å². The summed E-state index contributed by atoms with van der Waals surface area (Å²) < 4.78 is 1.44. The molecule has 0 radical (unpaired) electrons. The monoisotopic (exact) mass is 263 g/mol. The van der Waals surface area contributed by atoms with Gasteiger partial charge in [-0.25, -0.2) is 4.52 Å². The van der Waals surface area contributed by atoms with Crippen LogP contribution in [0.5, 0.6) is 0 Å². The highest BCUT2D eigenvalue weighted by Gasteiger charge is 2.17. The lowest BCUT2D eigenvalue weighted by atomic mass is 10.00. The number of pyridine rings is 1. The summed E-state index contributed by atoms with van der Waals surface area (Å²) in [6.07, 6.45) is 1.66. The summed E-state index contributed by atoms with van der Waals surface area (Å²) in [7, 11) is 0. The van der Waals surface area contributed by atoms with Crippen LogP contribution in [-0.2, 0) is 0 Å². The molecule has 0 amide bonds. The van der Waals surface area contributed by atoms with Crippen LogP contribution in [0.2, 0.25) is 0 Å². The highest BCUT2D eigenvalue weighted by molar-refractivity contribution is 6.13. The van der Waals surface area contributed by atoms with E-state index in [1.807, 2.05) is 6.07 Å². The molecule has 0 aliphatic carbocycles. The van der Waals surface area contributed by atoms with Gasteiger partial charge in [-0.2, -0.15) is 10.2 Å².